The standard InChI is InChI=1S/C23H29NO7S.C22H27NO5/c1-32(26,27)31-16-5-4-15-12-17-22(25)6-7-23(28-10-11-29-23)20-21(22,18(15)19(16)30-20)8-9-24(17)13-14-2-3-14;24-15-4-3-14-11-16-21(25)5-6-22(26-9-10-27-22)19-20(21,17(14)18(15)28-19)7-8-23(16)12-13-1-2-13/h4-5,14,17,20,25H,2-3,6-13H2,1H3;3-4,13,16,19,24-25H,1-2,5-12H2/t17-,20?,21+,22?;16-,19?,20+,21?/m11/s1. The summed E-state index contributed by atoms with van der Waals surface area (Å²) < 4.78 is 67.0. The van der Waals surface area contributed by atoms with Gasteiger partial charge in [-0.05, 0) is 112 Å². The van der Waals surface area contributed by atoms with Gasteiger partial charge in [0.05, 0.1) is 54.7 Å². The molecule has 4 saturated carbocycles. The second-order valence-corrected chi connectivity index (χ2v) is 21.9. The number of rotatable bonds is 6. The molecule has 60 heavy (non-hydrogen) atoms. The first-order chi connectivity index (χ1) is 28.8. The number of hydrogen-bond acceptors (Lipinski definition) is 14. The van der Waals surface area contributed by atoms with Gasteiger partial charge in [-0.15, -0.1) is 0 Å². The number of fused-ring (bicyclic) bond motifs is 2. The Labute approximate surface area is 350 Å². The van der Waals surface area contributed by atoms with Crippen LogP contribution in [-0.2, 0) is 52.7 Å². The molecular weight excluding hydrogens is 793 g/mol. The van der Waals surface area contributed by atoms with Gasteiger partial charge in [0.1, 0.15) is 0 Å². The summed E-state index contributed by atoms with van der Waals surface area (Å²) in [5, 5.41) is 35.4. The van der Waals surface area contributed by atoms with E-state index in [1.807, 2.05) is 12.1 Å². The SMILES string of the molecule is CS(=O)(=O)Oc1ccc2c3c1OC1C4(CCC5(O)[C@@H](C2)N(CC2CC2)CC[C@]315)OCCO4.Oc1ccc2c3c1OC1C4(CCC5(O)[C@@H](C2)N(CC2CC2)CC[C@]315)OCCO4. The Bertz CT molecular complexity index is 2270. The molecular formula is C45H56N2O12S. The lowest BCUT2D eigenvalue weighted by atomic mass is 9.48. The van der Waals surface area contributed by atoms with Crippen LogP contribution >= 0.6 is 0 Å². The van der Waals surface area contributed by atoms with Gasteiger partial charge in [-0.3, -0.25) is 9.80 Å². The molecule has 4 saturated heterocycles. The summed E-state index contributed by atoms with van der Waals surface area (Å²) in [6.45, 7) is 6.03. The van der Waals surface area contributed by atoms with Gasteiger partial charge in [0, 0.05) is 49.1 Å². The van der Waals surface area contributed by atoms with Crippen molar-refractivity contribution in [2.45, 2.75) is 135 Å². The van der Waals surface area contributed by atoms with E-state index in [1.54, 1.807) is 12.1 Å². The van der Waals surface area contributed by atoms with Crippen LogP contribution in [0.4, 0.5) is 0 Å². The van der Waals surface area contributed by atoms with E-state index in [1.165, 1.54) is 31.2 Å². The first-order valence-corrected chi connectivity index (χ1v) is 24.4. The van der Waals surface area contributed by atoms with Crippen molar-refractivity contribution in [3.8, 4) is 23.0 Å². The summed E-state index contributed by atoms with van der Waals surface area (Å²) in [6, 6.07) is 7.52. The van der Waals surface area contributed by atoms with Gasteiger partial charge in [-0.1, -0.05) is 12.1 Å². The van der Waals surface area contributed by atoms with Crippen molar-refractivity contribution in [2.24, 2.45) is 11.8 Å². The maximum Gasteiger partial charge on any atom is 0.306 e. The van der Waals surface area contributed by atoms with Crippen LogP contribution in [0.15, 0.2) is 24.3 Å². The van der Waals surface area contributed by atoms with Crippen LogP contribution in [0.1, 0.15) is 86.5 Å². The van der Waals surface area contributed by atoms with Crippen molar-refractivity contribution < 1.29 is 56.3 Å². The van der Waals surface area contributed by atoms with Crippen LogP contribution in [-0.4, -0.2) is 139 Å². The summed E-state index contributed by atoms with van der Waals surface area (Å²) in [5.41, 5.74) is 1.11. The largest absolute Gasteiger partial charge is 0.504 e. The van der Waals surface area contributed by atoms with Crippen LogP contribution in [0.2, 0.25) is 0 Å². The number of phenols is 1. The Morgan fingerprint density at radius 3 is 1.62 bits per heavy atom. The van der Waals surface area contributed by atoms with E-state index < -0.39 is 55.9 Å². The van der Waals surface area contributed by atoms with Gasteiger partial charge < -0.3 is 47.9 Å². The molecule has 6 aliphatic carbocycles. The third-order valence-electron chi connectivity index (χ3n) is 17.3. The molecule has 2 aromatic carbocycles. The van der Waals surface area contributed by atoms with Crippen molar-refractivity contribution >= 4 is 10.1 Å². The number of aliphatic hydroxyl groups is 2. The second kappa shape index (κ2) is 12.3. The molecule has 6 heterocycles. The number of phenolic OH excluding ortho intramolecular Hbond substituents is 1. The van der Waals surface area contributed by atoms with Crippen LogP contribution in [0.5, 0.6) is 23.0 Å². The van der Waals surface area contributed by atoms with E-state index >= 15 is 0 Å². The van der Waals surface area contributed by atoms with Crippen molar-refractivity contribution in [1.82, 2.24) is 9.80 Å². The molecule has 2 aromatic rings. The molecule has 0 aromatic heterocycles. The molecule has 0 radical (unpaired) electrons. The average Bonchev–Trinajstić information content (AvgIpc) is 3.99. The normalized spacial score (nSPS) is 40.6. The van der Waals surface area contributed by atoms with Gasteiger partial charge in [0.25, 0.3) is 0 Å². The molecule has 14 rings (SSSR count). The fourth-order valence-electron chi connectivity index (χ4n) is 14.6. The van der Waals surface area contributed by atoms with Gasteiger partial charge in [-0.2, -0.15) is 8.42 Å². The van der Waals surface area contributed by atoms with Crippen LogP contribution in [0.3, 0.4) is 0 Å². The Morgan fingerprint density at radius 1 is 0.667 bits per heavy atom. The monoisotopic (exact) mass is 848 g/mol. The smallest absolute Gasteiger partial charge is 0.306 e. The number of ether oxygens (including phenoxy) is 6. The van der Waals surface area contributed by atoms with E-state index in [2.05, 4.69) is 9.80 Å². The van der Waals surface area contributed by atoms with Crippen LogP contribution in [0, 0.1) is 11.8 Å². The van der Waals surface area contributed by atoms with Crippen molar-refractivity contribution in [2.75, 3.05) is 58.9 Å². The fourth-order valence-corrected chi connectivity index (χ4v) is 15.1. The minimum atomic E-state index is -3.73. The summed E-state index contributed by atoms with van der Waals surface area (Å²) in [6.07, 6.45) is 10.7. The maximum absolute atomic E-state index is 12.5. The molecule has 4 bridgehead atoms. The van der Waals surface area contributed by atoms with Crippen molar-refractivity contribution in [3.63, 3.8) is 0 Å². The predicted molar refractivity (Wildman–Crippen MR) is 213 cm³/mol. The lowest BCUT2D eigenvalue weighted by Gasteiger charge is -2.65. The highest BCUT2D eigenvalue weighted by atomic mass is 32.2. The van der Waals surface area contributed by atoms with Crippen molar-refractivity contribution in [1.29, 1.82) is 0 Å². The minimum absolute atomic E-state index is 0.00169. The fraction of sp³-hybridized carbons (Fsp3) is 0.733. The van der Waals surface area contributed by atoms with Crippen LogP contribution in [0.25, 0.3) is 0 Å². The van der Waals surface area contributed by atoms with E-state index in [-0.39, 0.29) is 23.6 Å². The second-order valence-electron chi connectivity index (χ2n) is 20.3. The van der Waals surface area contributed by atoms with E-state index in [0.717, 1.165) is 80.2 Å². The van der Waals surface area contributed by atoms with Gasteiger partial charge in [0.15, 0.2) is 35.2 Å². The zero-order valence-corrected chi connectivity index (χ0v) is 35.1. The number of benzene rings is 2. The lowest BCUT2D eigenvalue weighted by Crippen LogP contribution is -2.79. The highest BCUT2D eigenvalue weighted by Gasteiger charge is 2.79. The van der Waals surface area contributed by atoms with Gasteiger partial charge in [0.2, 0.25) is 11.6 Å². The average molecular weight is 849 g/mol. The Hall–Kier alpha value is -2.73. The molecule has 324 valence electrons. The zero-order chi connectivity index (χ0) is 40.7. The third-order valence-corrected chi connectivity index (χ3v) is 17.8. The zero-order valence-electron chi connectivity index (χ0n) is 34.2. The van der Waals surface area contributed by atoms with Gasteiger partial charge >= 0.3 is 10.1 Å². The quantitative estimate of drug-likeness (QED) is 0.364. The van der Waals surface area contributed by atoms with E-state index in [4.69, 9.17) is 32.6 Å². The highest BCUT2D eigenvalue weighted by Crippen LogP contribution is 2.70. The highest BCUT2D eigenvalue weighted by molar-refractivity contribution is 7.86. The number of piperidine rings is 2. The molecule has 8 atom stereocenters. The molecule has 6 aliphatic heterocycles. The molecule has 4 spiro atoms. The van der Waals surface area contributed by atoms with Gasteiger partial charge in [-0.25, -0.2) is 0 Å². The first-order valence-electron chi connectivity index (χ1n) is 22.6. The van der Waals surface area contributed by atoms with Crippen molar-refractivity contribution in [3.05, 3.63) is 46.5 Å². The molecule has 15 heteroatoms. The predicted octanol–water partition coefficient (Wildman–Crippen LogP) is 3.03. The molecule has 4 unspecified atom stereocenters. The first kappa shape index (κ1) is 37.8. The van der Waals surface area contributed by atoms with Crippen LogP contribution < -0.4 is 13.7 Å². The maximum atomic E-state index is 12.5. The Balaban J connectivity index is 0.000000124. The lowest BCUT2D eigenvalue weighted by molar-refractivity contribution is -0.297. The Morgan fingerprint density at radius 2 is 1.13 bits per heavy atom. The number of nitrogens with zero attached hydrogens (tertiary/aromatic N) is 2. The molecule has 0 amide bonds. The number of likely N-dealkylation sites (tertiary alicyclic amines) is 2. The van der Waals surface area contributed by atoms with E-state index in [0.29, 0.717) is 70.0 Å². The minimum Gasteiger partial charge on any atom is -0.504 e. The summed E-state index contributed by atoms with van der Waals surface area (Å²) in [5.74, 6) is 1.13. The third kappa shape index (κ3) is 4.79. The molecule has 3 N–H and O–H groups in total. The summed E-state index contributed by atoms with van der Waals surface area (Å²) >= 11 is 0. The topological polar surface area (TPSA) is 166 Å². The van der Waals surface area contributed by atoms with E-state index in [9.17, 15) is 23.7 Å². The number of hydrogen-bond donors (Lipinski definition) is 3. The number of aromatic hydroxyl groups is 1. The molecule has 12 aliphatic rings. The molecule has 14 nitrogen and oxygen atoms in total. The Kier molecular flexibility index (Phi) is 7.74. The molecule has 8 fully saturated rings. The summed E-state index contributed by atoms with van der Waals surface area (Å²) in [7, 11) is -3.73. The summed E-state index contributed by atoms with van der Waals surface area (Å²) in [4.78, 5) is 5.04.